The lowest BCUT2D eigenvalue weighted by Crippen LogP contribution is -2.33. The number of aromatic nitrogens is 1. The molecule has 1 saturated carbocycles. The van der Waals surface area contributed by atoms with Gasteiger partial charge in [-0.2, -0.15) is 0 Å². The summed E-state index contributed by atoms with van der Waals surface area (Å²) in [5, 5.41) is 3.47. The van der Waals surface area contributed by atoms with Gasteiger partial charge in [-0.05, 0) is 63.5 Å². The molecule has 20 heavy (non-hydrogen) atoms. The van der Waals surface area contributed by atoms with Gasteiger partial charge in [-0.25, -0.2) is 0 Å². The molecule has 3 heteroatoms. The molecule has 0 aromatic carbocycles. The summed E-state index contributed by atoms with van der Waals surface area (Å²) in [7, 11) is 0. The van der Waals surface area contributed by atoms with Gasteiger partial charge in [-0.1, -0.05) is 6.92 Å². The van der Waals surface area contributed by atoms with E-state index in [1.54, 1.807) is 0 Å². The number of nitrogens with zero attached hydrogens (tertiary/aromatic N) is 1. The van der Waals surface area contributed by atoms with Crippen LogP contribution in [0.15, 0.2) is 10.9 Å². The van der Waals surface area contributed by atoms with Gasteiger partial charge in [-0.15, -0.1) is 0 Å². The fourth-order valence-corrected chi connectivity index (χ4v) is 3.17. The Morgan fingerprint density at radius 1 is 1.35 bits per heavy atom. The lowest BCUT2D eigenvalue weighted by atomic mass is 9.94. The van der Waals surface area contributed by atoms with E-state index >= 15 is 0 Å². The van der Waals surface area contributed by atoms with Gasteiger partial charge in [0.15, 0.2) is 0 Å². The Bertz CT molecular complexity index is 543. The Kier molecular flexibility index (Phi) is 3.97. The van der Waals surface area contributed by atoms with Crippen LogP contribution < -0.4 is 10.9 Å². The molecule has 110 valence electrons. The van der Waals surface area contributed by atoms with E-state index < -0.39 is 0 Å². The third kappa shape index (κ3) is 2.69. The van der Waals surface area contributed by atoms with Crippen LogP contribution in [0.4, 0.5) is 0 Å². The second kappa shape index (κ2) is 5.72. The Labute approximate surface area is 121 Å². The number of rotatable bonds is 5. The molecule has 2 aliphatic carbocycles. The molecule has 0 aliphatic heterocycles. The summed E-state index contributed by atoms with van der Waals surface area (Å²) >= 11 is 0. The summed E-state index contributed by atoms with van der Waals surface area (Å²) in [6, 6.07) is 3.16. The van der Waals surface area contributed by atoms with Crippen LogP contribution in [0.1, 0.15) is 68.8 Å². The lowest BCUT2D eigenvalue weighted by molar-refractivity contribution is 0.522. The Morgan fingerprint density at radius 2 is 2.10 bits per heavy atom. The Morgan fingerprint density at radius 3 is 2.80 bits per heavy atom. The molecule has 3 nitrogen and oxygen atoms in total. The van der Waals surface area contributed by atoms with Crippen LogP contribution in [0, 0.1) is 0 Å². The van der Waals surface area contributed by atoms with E-state index in [0.29, 0.717) is 18.6 Å². The minimum Gasteiger partial charge on any atom is -0.310 e. The van der Waals surface area contributed by atoms with Crippen molar-refractivity contribution in [2.75, 3.05) is 0 Å². The van der Waals surface area contributed by atoms with E-state index in [1.807, 2.05) is 0 Å². The highest BCUT2D eigenvalue weighted by Crippen LogP contribution is 2.36. The zero-order valence-electron chi connectivity index (χ0n) is 12.7. The Balaban J connectivity index is 1.94. The summed E-state index contributed by atoms with van der Waals surface area (Å²) in [6.45, 7) is 5.07. The van der Waals surface area contributed by atoms with Crippen molar-refractivity contribution in [2.45, 2.75) is 77.4 Å². The zero-order valence-corrected chi connectivity index (χ0v) is 12.7. The van der Waals surface area contributed by atoms with Crippen LogP contribution in [0.25, 0.3) is 0 Å². The van der Waals surface area contributed by atoms with Gasteiger partial charge in [0, 0.05) is 29.9 Å². The molecule has 1 unspecified atom stereocenters. The summed E-state index contributed by atoms with van der Waals surface area (Å²) in [4.78, 5) is 12.7. The fraction of sp³-hybridized carbons (Fsp3) is 0.706. The monoisotopic (exact) mass is 274 g/mol. The average molecular weight is 274 g/mol. The lowest BCUT2D eigenvalue weighted by Gasteiger charge is -2.23. The molecular formula is C17H26N2O. The maximum Gasteiger partial charge on any atom is 0.255 e. The summed E-state index contributed by atoms with van der Waals surface area (Å²) < 4.78 is 2.14. The highest BCUT2D eigenvalue weighted by molar-refractivity contribution is 5.30. The van der Waals surface area contributed by atoms with E-state index in [2.05, 4.69) is 29.8 Å². The van der Waals surface area contributed by atoms with Crippen LogP contribution in [-0.4, -0.2) is 10.6 Å². The predicted octanol–water partition coefficient (Wildman–Crippen LogP) is 2.95. The van der Waals surface area contributed by atoms with Crippen molar-refractivity contribution in [1.29, 1.82) is 0 Å². The normalized spacial score (nSPS) is 19.7. The molecule has 0 saturated heterocycles. The molecule has 1 fully saturated rings. The standard InChI is InChI=1S/C17H26N2O/c1-3-12(2)18-11-14-10-13-6-4-5-7-16(13)19(17(14)20)15-8-9-15/h10,12,15,18H,3-9,11H2,1-2H3. The number of hydrogen-bond acceptors (Lipinski definition) is 2. The minimum atomic E-state index is 0.268. The maximum absolute atomic E-state index is 12.7. The van der Waals surface area contributed by atoms with Crippen molar-refractivity contribution >= 4 is 0 Å². The maximum atomic E-state index is 12.7. The second-order valence-electron chi connectivity index (χ2n) is 6.45. The van der Waals surface area contributed by atoms with Crippen molar-refractivity contribution in [3.05, 3.63) is 33.2 Å². The van der Waals surface area contributed by atoms with Gasteiger partial charge >= 0.3 is 0 Å². The Hall–Kier alpha value is -1.09. The number of pyridine rings is 1. The average Bonchev–Trinajstić information content (AvgIpc) is 3.29. The molecule has 0 radical (unpaired) electrons. The zero-order chi connectivity index (χ0) is 14.1. The topological polar surface area (TPSA) is 34.0 Å². The van der Waals surface area contributed by atoms with E-state index in [9.17, 15) is 4.79 Å². The van der Waals surface area contributed by atoms with Crippen molar-refractivity contribution in [3.63, 3.8) is 0 Å². The van der Waals surface area contributed by atoms with Crippen LogP contribution in [0.3, 0.4) is 0 Å². The molecule has 0 amide bonds. The van der Waals surface area contributed by atoms with Crippen molar-refractivity contribution in [1.82, 2.24) is 9.88 Å². The first kappa shape index (κ1) is 13.9. The van der Waals surface area contributed by atoms with Gasteiger partial charge in [0.2, 0.25) is 0 Å². The molecule has 1 heterocycles. The van der Waals surface area contributed by atoms with Gasteiger partial charge in [0.05, 0.1) is 0 Å². The first-order chi connectivity index (χ1) is 9.70. The smallest absolute Gasteiger partial charge is 0.255 e. The number of fused-ring (bicyclic) bond motifs is 1. The molecule has 1 aromatic heterocycles. The highest BCUT2D eigenvalue weighted by atomic mass is 16.1. The summed E-state index contributed by atoms with van der Waals surface area (Å²) in [5.74, 6) is 0. The molecule has 0 bridgehead atoms. The SMILES string of the molecule is CCC(C)NCc1cc2c(n(C3CC3)c1=O)CCCC2. The van der Waals surface area contributed by atoms with Crippen LogP contribution in [0.2, 0.25) is 0 Å². The largest absolute Gasteiger partial charge is 0.310 e. The molecule has 1 atom stereocenters. The quantitative estimate of drug-likeness (QED) is 0.895. The third-order valence-corrected chi connectivity index (χ3v) is 4.78. The summed E-state index contributed by atoms with van der Waals surface area (Å²) in [5.41, 5.74) is 4.02. The van der Waals surface area contributed by atoms with Gasteiger partial charge in [0.1, 0.15) is 0 Å². The molecule has 1 aromatic rings. The van der Waals surface area contributed by atoms with E-state index in [1.165, 1.54) is 36.9 Å². The predicted molar refractivity (Wildman–Crippen MR) is 82.2 cm³/mol. The highest BCUT2D eigenvalue weighted by Gasteiger charge is 2.29. The van der Waals surface area contributed by atoms with Crippen LogP contribution >= 0.6 is 0 Å². The van der Waals surface area contributed by atoms with Gasteiger partial charge in [0.25, 0.3) is 5.56 Å². The van der Waals surface area contributed by atoms with E-state index in [0.717, 1.165) is 24.8 Å². The molecule has 3 rings (SSSR count). The van der Waals surface area contributed by atoms with Gasteiger partial charge < -0.3 is 9.88 Å². The van der Waals surface area contributed by atoms with Crippen molar-refractivity contribution in [2.24, 2.45) is 0 Å². The van der Waals surface area contributed by atoms with E-state index in [-0.39, 0.29) is 5.56 Å². The first-order valence-corrected chi connectivity index (χ1v) is 8.20. The van der Waals surface area contributed by atoms with Crippen LogP contribution in [-0.2, 0) is 19.4 Å². The van der Waals surface area contributed by atoms with Crippen molar-refractivity contribution < 1.29 is 0 Å². The molecule has 2 aliphatic rings. The van der Waals surface area contributed by atoms with Crippen molar-refractivity contribution in [3.8, 4) is 0 Å². The number of aryl methyl sites for hydroxylation is 1. The third-order valence-electron chi connectivity index (χ3n) is 4.78. The first-order valence-electron chi connectivity index (χ1n) is 8.20. The molecular weight excluding hydrogens is 248 g/mol. The minimum absolute atomic E-state index is 0.268. The van der Waals surface area contributed by atoms with Gasteiger partial charge in [-0.3, -0.25) is 4.79 Å². The fourth-order valence-electron chi connectivity index (χ4n) is 3.17. The van der Waals surface area contributed by atoms with Crippen LogP contribution in [0.5, 0.6) is 0 Å². The molecule has 0 spiro atoms. The van der Waals surface area contributed by atoms with E-state index in [4.69, 9.17) is 0 Å². The summed E-state index contributed by atoms with van der Waals surface area (Å²) in [6.07, 6.45) is 8.24. The molecule has 1 N–H and O–H groups in total. The second-order valence-corrected chi connectivity index (χ2v) is 6.45. The number of nitrogens with one attached hydrogen (secondary N) is 1. The number of hydrogen-bond donors (Lipinski definition) is 1.